The zero-order chi connectivity index (χ0) is 19.7. The van der Waals surface area contributed by atoms with Crippen molar-refractivity contribution in [2.75, 3.05) is 13.1 Å². The van der Waals surface area contributed by atoms with Crippen LogP contribution in [0.5, 0.6) is 0 Å². The van der Waals surface area contributed by atoms with Gasteiger partial charge in [-0.25, -0.2) is 4.79 Å². The van der Waals surface area contributed by atoms with Gasteiger partial charge in [0, 0.05) is 19.3 Å². The van der Waals surface area contributed by atoms with Crippen molar-refractivity contribution in [3.05, 3.63) is 65.5 Å². The van der Waals surface area contributed by atoms with Crippen molar-refractivity contribution in [1.29, 1.82) is 0 Å². The molecule has 28 heavy (non-hydrogen) atoms. The number of urea groups is 1. The Morgan fingerprint density at radius 1 is 1.11 bits per heavy atom. The number of piperidine rings is 1. The van der Waals surface area contributed by atoms with Crippen molar-refractivity contribution < 1.29 is 14.4 Å². The molecular formula is C21H22N4O3. The van der Waals surface area contributed by atoms with Gasteiger partial charge in [0.2, 0.25) is 0 Å². The molecule has 7 heteroatoms. The first-order chi connectivity index (χ1) is 13.5. The summed E-state index contributed by atoms with van der Waals surface area (Å²) in [7, 11) is 0. The third kappa shape index (κ3) is 3.24. The molecule has 0 bridgehead atoms. The van der Waals surface area contributed by atoms with Gasteiger partial charge in [-0.15, -0.1) is 0 Å². The van der Waals surface area contributed by atoms with E-state index in [0.29, 0.717) is 31.6 Å². The molecule has 2 aliphatic rings. The van der Waals surface area contributed by atoms with Gasteiger partial charge in [-0.05, 0) is 37.5 Å². The maximum Gasteiger partial charge on any atom is 0.325 e. The summed E-state index contributed by atoms with van der Waals surface area (Å²) < 4.78 is 0. The third-order valence-electron chi connectivity index (χ3n) is 5.50. The molecule has 2 fully saturated rings. The lowest BCUT2D eigenvalue weighted by Crippen LogP contribution is -2.55. The fourth-order valence-electron chi connectivity index (χ4n) is 3.78. The van der Waals surface area contributed by atoms with Crippen molar-refractivity contribution in [1.82, 2.24) is 20.1 Å². The zero-order valence-corrected chi connectivity index (χ0v) is 15.7. The van der Waals surface area contributed by atoms with E-state index in [-0.39, 0.29) is 24.4 Å². The fourth-order valence-corrected chi connectivity index (χ4v) is 3.78. The molecule has 0 atom stereocenters. The standard InChI is InChI=1S/C21H22N4O3/c1-15-5-7-16(8-6-15)14-25-19(27)21(23-20(25)28)9-12-24(13-10-21)18(26)17-4-2-3-11-22-17/h2-8,11H,9-10,12-14H2,1H3,(H,23,28). The number of aryl methyl sites for hydroxylation is 1. The number of rotatable bonds is 3. The minimum absolute atomic E-state index is 0.149. The highest BCUT2D eigenvalue weighted by atomic mass is 16.2. The second-order valence-electron chi connectivity index (χ2n) is 7.40. The number of amides is 4. The number of carbonyl (C=O) groups excluding carboxylic acids is 3. The number of imide groups is 1. The van der Waals surface area contributed by atoms with Crippen LogP contribution in [0.1, 0.15) is 34.5 Å². The average Bonchev–Trinajstić information content (AvgIpc) is 2.94. The first-order valence-electron chi connectivity index (χ1n) is 9.38. The van der Waals surface area contributed by atoms with Crippen LogP contribution in [-0.4, -0.2) is 51.3 Å². The molecule has 0 saturated carbocycles. The first kappa shape index (κ1) is 18.2. The minimum Gasteiger partial charge on any atom is -0.337 e. The molecule has 1 aromatic carbocycles. The molecule has 2 aromatic rings. The molecule has 144 valence electrons. The van der Waals surface area contributed by atoms with Gasteiger partial charge in [0.1, 0.15) is 11.2 Å². The second-order valence-corrected chi connectivity index (χ2v) is 7.40. The summed E-state index contributed by atoms with van der Waals surface area (Å²) in [4.78, 5) is 45.1. The van der Waals surface area contributed by atoms with E-state index in [9.17, 15) is 14.4 Å². The predicted molar refractivity (Wildman–Crippen MR) is 102 cm³/mol. The van der Waals surface area contributed by atoms with Crippen LogP contribution in [0.15, 0.2) is 48.7 Å². The zero-order valence-electron chi connectivity index (χ0n) is 15.7. The lowest BCUT2D eigenvalue weighted by Gasteiger charge is -2.37. The summed E-state index contributed by atoms with van der Waals surface area (Å²) in [5.41, 5.74) is 1.51. The van der Waals surface area contributed by atoms with E-state index >= 15 is 0 Å². The van der Waals surface area contributed by atoms with Crippen molar-refractivity contribution in [2.24, 2.45) is 0 Å². The summed E-state index contributed by atoms with van der Waals surface area (Å²) in [5, 5.41) is 2.88. The maximum atomic E-state index is 13.0. The number of pyridine rings is 1. The Morgan fingerprint density at radius 2 is 1.82 bits per heavy atom. The van der Waals surface area contributed by atoms with E-state index in [0.717, 1.165) is 11.1 Å². The number of likely N-dealkylation sites (tertiary alicyclic amines) is 1. The molecule has 0 radical (unpaired) electrons. The highest BCUT2D eigenvalue weighted by Gasteiger charge is 2.52. The van der Waals surface area contributed by atoms with E-state index in [4.69, 9.17) is 0 Å². The van der Waals surface area contributed by atoms with Gasteiger partial charge in [-0.1, -0.05) is 35.9 Å². The molecule has 2 aliphatic heterocycles. The van der Waals surface area contributed by atoms with E-state index in [1.807, 2.05) is 31.2 Å². The molecule has 1 spiro atoms. The molecule has 7 nitrogen and oxygen atoms in total. The Bertz CT molecular complexity index is 903. The Morgan fingerprint density at radius 3 is 2.46 bits per heavy atom. The van der Waals surface area contributed by atoms with E-state index in [1.165, 1.54) is 4.90 Å². The maximum absolute atomic E-state index is 13.0. The Kier molecular flexibility index (Phi) is 4.58. The van der Waals surface area contributed by atoms with Gasteiger partial charge in [0.05, 0.1) is 6.54 Å². The van der Waals surface area contributed by atoms with Crippen LogP contribution in [0.3, 0.4) is 0 Å². The number of hydrogen-bond acceptors (Lipinski definition) is 4. The SMILES string of the molecule is Cc1ccc(CN2C(=O)NC3(CCN(C(=O)c4ccccn4)CC3)C2=O)cc1. The molecule has 1 N–H and O–H groups in total. The van der Waals surface area contributed by atoms with Gasteiger partial charge in [-0.3, -0.25) is 19.5 Å². The average molecular weight is 378 g/mol. The van der Waals surface area contributed by atoms with Crippen LogP contribution in [0.4, 0.5) is 4.79 Å². The smallest absolute Gasteiger partial charge is 0.325 e. The Balaban J connectivity index is 1.44. The quantitative estimate of drug-likeness (QED) is 0.830. The number of nitrogens with zero attached hydrogens (tertiary/aromatic N) is 3. The van der Waals surface area contributed by atoms with Gasteiger partial charge in [0.15, 0.2) is 0 Å². The number of carbonyl (C=O) groups is 3. The van der Waals surface area contributed by atoms with Crippen molar-refractivity contribution in [3.8, 4) is 0 Å². The molecule has 1 aromatic heterocycles. The number of aromatic nitrogens is 1. The summed E-state index contributed by atoms with van der Waals surface area (Å²) in [6, 6.07) is 12.6. The first-order valence-corrected chi connectivity index (χ1v) is 9.38. The van der Waals surface area contributed by atoms with Gasteiger partial charge >= 0.3 is 6.03 Å². The van der Waals surface area contributed by atoms with Gasteiger partial charge in [-0.2, -0.15) is 0 Å². The Labute approximate surface area is 163 Å². The van der Waals surface area contributed by atoms with Gasteiger partial charge < -0.3 is 10.2 Å². The minimum atomic E-state index is -0.914. The van der Waals surface area contributed by atoms with Crippen LogP contribution in [0.2, 0.25) is 0 Å². The molecule has 4 amide bonds. The highest BCUT2D eigenvalue weighted by molar-refractivity contribution is 6.07. The van der Waals surface area contributed by atoms with Gasteiger partial charge in [0.25, 0.3) is 11.8 Å². The van der Waals surface area contributed by atoms with Crippen LogP contribution in [0.25, 0.3) is 0 Å². The second kappa shape index (κ2) is 7.07. The van der Waals surface area contributed by atoms with E-state index in [1.54, 1.807) is 29.3 Å². The summed E-state index contributed by atoms with van der Waals surface area (Å²) in [6.45, 7) is 3.05. The van der Waals surface area contributed by atoms with Crippen molar-refractivity contribution in [2.45, 2.75) is 31.8 Å². The molecular weight excluding hydrogens is 356 g/mol. The third-order valence-corrected chi connectivity index (χ3v) is 5.50. The molecule has 0 unspecified atom stereocenters. The van der Waals surface area contributed by atoms with Crippen LogP contribution in [0, 0.1) is 6.92 Å². The lowest BCUT2D eigenvalue weighted by molar-refractivity contribution is -0.133. The lowest BCUT2D eigenvalue weighted by atomic mass is 9.87. The van der Waals surface area contributed by atoms with Crippen molar-refractivity contribution in [3.63, 3.8) is 0 Å². The monoisotopic (exact) mass is 378 g/mol. The van der Waals surface area contributed by atoms with Crippen LogP contribution < -0.4 is 5.32 Å². The fraction of sp³-hybridized carbons (Fsp3) is 0.333. The number of nitrogens with one attached hydrogen (secondary N) is 1. The number of benzene rings is 1. The predicted octanol–water partition coefficient (Wildman–Crippen LogP) is 2.12. The molecule has 2 saturated heterocycles. The largest absolute Gasteiger partial charge is 0.337 e. The topological polar surface area (TPSA) is 82.6 Å². The normalized spacial score (nSPS) is 18.5. The number of hydrogen-bond donors (Lipinski definition) is 1. The summed E-state index contributed by atoms with van der Waals surface area (Å²) in [5.74, 6) is -0.355. The Hall–Kier alpha value is -3.22. The van der Waals surface area contributed by atoms with E-state index < -0.39 is 5.54 Å². The van der Waals surface area contributed by atoms with Crippen LogP contribution >= 0.6 is 0 Å². The summed E-state index contributed by atoms with van der Waals surface area (Å²) in [6.07, 6.45) is 2.39. The molecule has 0 aliphatic carbocycles. The molecule has 4 rings (SSSR count). The summed E-state index contributed by atoms with van der Waals surface area (Å²) >= 11 is 0. The van der Waals surface area contributed by atoms with Crippen molar-refractivity contribution >= 4 is 17.8 Å². The van der Waals surface area contributed by atoms with E-state index in [2.05, 4.69) is 10.3 Å². The van der Waals surface area contributed by atoms with Crippen LogP contribution in [-0.2, 0) is 11.3 Å². The highest BCUT2D eigenvalue weighted by Crippen LogP contribution is 2.31. The molecule has 3 heterocycles.